The number of hydrogen-bond acceptors (Lipinski definition) is 3. The molecule has 0 saturated carbocycles. The molecule has 0 spiro atoms. The molecule has 0 fully saturated rings. The molecule has 0 radical (unpaired) electrons. The summed E-state index contributed by atoms with van der Waals surface area (Å²) in [7, 11) is 0. The Hall–Kier alpha value is -1.58. The summed E-state index contributed by atoms with van der Waals surface area (Å²) < 4.78 is 6.82. The summed E-state index contributed by atoms with van der Waals surface area (Å²) in [5.41, 5.74) is 1.39. The SMILES string of the molecule is Cc1c(C(C)NC(C)c2ccco2)sc2ccccc12. The van der Waals surface area contributed by atoms with Gasteiger partial charge in [-0.1, -0.05) is 18.2 Å². The van der Waals surface area contributed by atoms with Gasteiger partial charge in [-0.25, -0.2) is 0 Å². The predicted molar refractivity (Wildman–Crippen MR) is 85.2 cm³/mol. The fourth-order valence-electron chi connectivity index (χ4n) is 2.68. The fourth-order valence-corrected chi connectivity index (χ4v) is 3.90. The van der Waals surface area contributed by atoms with Crippen molar-refractivity contribution in [3.8, 4) is 0 Å². The number of nitrogens with one attached hydrogen (secondary N) is 1. The lowest BCUT2D eigenvalue weighted by Crippen LogP contribution is -2.21. The van der Waals surface area contributed by atoms with Gasteiger partial charge >= 0.3 is 0 Å². The van der Waals surface area contributed by atoms with E-state index in [-0.39, 0.29) is 6.04 Å². The van der Waals surface area contributed by atoms with Gasteiger partial charge in [-0.05, 0) is 49.9 Å². The molecule has 1 aromatic carbocycles. The first kappa shape index (κ1) is 13.4. The minimum Gasteiger partial charge on any atom is -0.468 e. The lowest BCUT2D eigenvalue weighted by atomic mass is 10.1. The number of furan rings is 1. The van der Waals surface area contributed by atoms with E-state index in [1.165, 1.54) is 20.5 Å². The Labute approximate surface area is 123 Å². The third-order valence-corrected chi connectivity index (χ3v) is 5.20. The Morgan fingerprint density at radius 2 is 1.85 bits per heavy atom. The van der Waals surface area contributed by atoms with Crippen molar-refractivity contribution in [2.45, 2.75) is 32.9 Å². The number of aryl methyl sites for hydroxylation is 1. The Kier molecular flexibility index (Phi) is 3.64. The summed E-state index contributed by atoms with van der Waals surface area (Å²) in [5, 5.41) is 4.98. The van der Waals surface area contributed by atoms with E-state index < -0.39 is 0 Å². The zero-order valence-corrected chi connectivity index (χ0v) is 12.8. The Morgan fingerprint density at radius 1 is 1.05 bits per heavy atom. The molecule has 2 atom stereocenters. The molecule has 2 heterocycles. The van der Waals surface area contributed by atoms with Crippen molar-refractivity contribution >= 4 is 21.4 Å². The molecule has 2 aromatic heterocycles. The van der Waals surface area contributed by atoms with Crippen LogP contribution in [-0.2, 0) is 0 Å². The maximum absolute atomic E-state index is 5.46. The van der Waals surface area contributed by atoms with Crippen LogP contribution in [0, 0.1) is 6.92 Å². The van der Waals surface area contributed by atoms with Gasteiger partial charge in [0.1, 0.15) is 5.76 Å². The lowest BCUT2D eigenvalue weighted by molar-refractivity contribution is 0.404. The van der Waals surface area contributed by atoms with Crippen molar-refractivity contribution in [1.29, 1.82) is 0 Å². The first-order valence-corrected chi connectivity index (χ1v) is 7.76. The second-order valence-corrected chi connectivity index (χ2v) is 6.30. The molecule has 3 heteroatoms. The zero-order chi connectivity index (χ0) is 14.1. The molecular weight excluding hydrogens is 266 g/mol. The van der Waals surface area contributed by atoms with Gasteiger partial charge in [-0.15, -0.1) is 11.3 Å². The molecule has 0 aliphatic rings. The number of benzene rings is 1. The molecule has 3 rings (SSSR count). The predicted octanol–water partition coefficient (Wildman–Crippen LogP) is 5.21. The first-order valence-electron chi connectivity index (χ1n) is 6.94. The topological polar surface area (TPSA) is 25.2 Å². The van der Waals surface area contributed by atoms with Crippen LogP contribution in [0.1, 0.15) is 42.1 Å². The van der Waals surface area contributed by atoms with E-state index in [4.69, 9.17) is 4.42 Å². The van der Waals surface area contributed by atoms with Crippen LogP contribution in [0.5, 0.6) is 0 Å². The number of fused-ring (bicyclic) bond motifs is 1. The molecule has 0 saturated heterocycles. The molecule has 0 aliphatic heterocycles. The van der Waals surface area contributed by atoms with Gasteiger partial charge in [0, 0.05) is 15.6 Å². The van der Waals surface area contributed by atoms with E-state index in [1.807, 2.05) is 23.5 Å². The largest absolute Gasteiger partial charge is 0.468 e. The average Bonchev–Trinajstić information content (AvgIpc) is 3.07. The molecule has 104 valence electrons. The Balaban J connectivity index is 1.85. The molecule has 1 N–H and O–H groups in total. The molecule has 3 aromatic rings. The van der Waals surface area contributed by atoms with Crippen LogP contribution in [0.4, 0.5) is 0 Å². The van der Waals surface area contributed by atoms with E-state index in [0.29, 0.717) is 6.04 Å². The highest BCUT2D eigenvalue weighted by molar-refractivity contribution is 7.19. The normalized spacial score (nSPS) is 14.6. The minimum absolute atomic E-state index is 0.213. The standard InChI is InChI=1S/C17H19NOS/c1-11-14-7-4-5-9-16(14)20-17(11)13(3)18-12(2)15-8-6-10-19-15/h4-10,12-13,18H,1-3H3. The van der Waals surface area contributed by atoms with Gasteiger partial charge in [0.05, 0.1) is 12.3 Å². The molecule has 20 heavy (non-hydrogen) atoms. The van der Waals surface area contributed by atoms with Crippen LogP contribution in [0.2, 0.25) is 0 Å². The second-order valence-electron chi connectivity index (χ2n) is 5.21. The van der Waals surface area contributed by atoms with Crippen LogP contribution in [0.15, 0.2) is 47.1 Å². The summed E-state index contributed by atoms with van der Waals surface area (Å²) in [6, 6.07) is 13.1. The van der Waals surface area contributed by atoms with Gasteiger partial charge in [0.15, 0.2) is 0 Å². The van der Waals surface area contributed by atoms with Gasteiger partial charge in [0.25, 0.3) is 0 Å². The van der Waals surface area contributed by atoms with Gasteiger partial charge < -0.3 is 9.73 Å². The fraction of sp³-hybridized carbons (Fsp3) is 0.294. The van der Waals surface area contributed by atoms with E-state index in [1.54, 1.807) is 6.26 Å². The molecular formula is C17H19NOS. The van der Waals surface area contributed by atoms with Gasteiger partial charge in [-0.3, -0.25) is 0 Å². The summed E-state index contributed by atoms with van der Waals surface area (Å²) in [5.74, 6) is 0.982. The Bertz CT molecular complexity index is 699. The van der Waals surface area contributed by atoms with E-state index >= 15 is 0 Å². The molecule has 2 nitrogen and oxygen atoms in total. The van der Waals surface area contributed by atoms with Crippen LogP contribution in [-0.4, -0.2) is 0 Å². The van der Waals surface area contributed by atoms with Crippen LogP contribution >= 0.6 is 11.3 Å². The van der Waals surface area contributed by atoms with Crippen molar-refractivity contribution < 1.29 is 4.42 Å². The van der Waals surface area contributed by atoms with Crippen LogP contribution < -0.4 is 5.32 Å². The summed E-state index contributed by atoms with van der Waals surface area (Å²) in [4.78, 5) is 1.41. The van der Waals surface area contributed by atoms with Crippen LogP contribution in [0.3, 0.4) is 0 Å². The molecule has 0 bridgehead atoms. The molecule has 0 amide bonds. The highest BCUT2D eigenvalue weighted by Crippen LogP contribution is 2.35. The quantitative estimate of drug-likeness (QED) is 0.711. The third kappa shape index (κ3) is 2.39. The number of hydrogen-bond donors (Lipinski definition) is 1. The minimum atomic E-state index is 0.213. The van der Waals surface area contributed by atoms with E-state index in [9.17, 15) is 0 Å². The van der Waals surface area contributed by atoms with Crippen molar-refractivity contribution in [3.63, 3.8) is 0 Å². The molecule has 0 aliphatic carbocycles. The Morgan fingerprint density at radius 3 is 2.55 bits per heavy atom. The van der Waals surface area contributed by atoms with Crippen molar-refractivity contribution in [3.05, 3.63) is 58.9 Å². The summed E-state index contributed by atoms with van der Waals surface area (Å²) >= 11 is 1.88. The maximum Gasteiger partial charge on any atom is 0.120 e. The van der Waals surface area contributed by atoms with Crippen LogP contribution in [0.25, 0.3) is 10.1 Å². The highest BCUT2D eigenvalue weighted by Gasteiger charge is 2.17. The second kappa shape index (κ2) is 5.43. The van der Waals surface area contributed by atoms with Crippen molar-refractivity contribution in [2.24, 2.45) is 0 Å². The summed E-state index contributed by atoms with van der Waals surface area (Å²) in [6.07, 6.45) is 1.73. The third-order valence-electron chi connectivity index (χ3n) is 3.74. The van der Waals surface area contributed by atoms with E-state index in [2.05, 4.69) is 50.4 Å². The maximum atomic E-state index is 5.46. The average molecular weight is 285 g/mol. The highest BCUT2D eigenvalue weighted by atomic mass is 32.1. The number of rotatable bonds is 4. The smallest absolute Gasteiger partial charge is 0.120 e. The lowest BCUT2D eigenvalue weighted by Gasteiger charge is -2.18. The monoisotopic (exact) mass is 285 g/mol. The van der Waals surface area contributed by atoms with Crippen molar-refractivity contribution in [2.75, 3.05) is 0 Å². The zero-order valence-electron chi connectivity index (χ0n) is 12.0. The molecule has 2 unspecified atom stereocenters. The van der Waals surface area contributed by atoms with Crippen molar-refractivity contribution in [1.82, 2.24) is 5.32 Å². The summed E-state index contributed by atoms with van der Waals surface area (Å²) in [6.45, 7) is 6.57. The van der Waals surface area contributed by atoms with Gasteiger partial charge in [0.2, 0.25) is 0 Å². The first-order chi connectivity index (χ1) is 9.66. The van der Waals surface area contributed by atoms with E-state index in [0.717, 1.165) is 5.76 Å². The van der Waals surface area contributed by atoms with Gasteiger partial charge in [-0.2, -0.15) is 0 Å². The number of thiophene rings is 1.